The number of nitrogens with zero attached hydrogens (tertiary/aromatic N) is 1. The minimum Gasteiger partial charge on any atom is -0.359 e. The third-order valence-corrected chi connectivity index (χ3v) is 1.45. The molecular formula is C8H10FN3O. The summed E-state index contributed by atoms with van der Waals surface area (Å²) in [5.41, 5.74) is 0. The lowest BCUT2D eigenvalue weighted by atomic mass is 10.4. The van der Waals surface area contributed by atoms with E-state index in [0.29, 0.717) is 0 Å². The van der Waals surface area contributed by atoms with E-state index < -0.39 is 5.82 Å². The van der Waals surface area contributed by atoms with Crippen LogP contribution in [-0.2, 0) is 4.79 Å². The summed E-state index contributed by atoms with van der Waals surface area (Å²) < 4.78 is 12.9. The van der Waals surface area contributed by atoms with Crippen LogP contribution in [0.25, 0.3) is 0 Å². The van der Waals surface area contributed by atoms with Crippen LogP contribution in [0.3, 0.4) is 0 Å². The SMILES string of the molecule is CNC(=O)CNc1ncccc1F. The first kappa shape index (κ1) is 9.44. The molecule has 70 valence electrons. The van der Waals surface area contributed by atoms with Gasteiger partial charge in [0, 0.05) is 13.2 Å². The van der Waals surface area contributed by atoms with Crippen LogP contribution < -0.4 is 10.6 Å². The summed E-state index contributed by atoms with van der Waals surface area (Å²) in [6, 6.07) is 2.76. The molecule has 0 atom stereocenters. The Bertz CT molecular complexity index is 303. The fraction of sp³-hybridized carbons (Fsp3) is 0.250. The lowest BCUT2D eigenvalue weighted by Gasteiger charge is -2.04. The van der Waals surface area contributed by atoms with Gasteiger partial charge < -0.3 is 10.6 Å². The fourth-order valence-electron chi connectivity index (χ4n) is 0.768. The second-order valence-corrected chi connectivity index (χ2v) is 2.36. The zero-order valence-corrected chi connectivity index (χ0v) is 7.17. The van der Waals surface area contributed by atoms with Crippen molar-refractivity contribution in [1.29, 1.82) is 0 Å². The van der Waals surface area contributed by atoms with Crippen LogP contribution in [-0.4, -0.2) is 24.5 Å². The van der Waals surface area contributed by atoms with Gasteiger partial charge in [-0.1, -0.05) is 0 Å². The number of amides is 1. The summed E-state index contributed by atoms with van der Waals surface area (Å²) in [4.78, 5) is 14.5. The molecule has 0 saturated heterocycles. The van der Waals surface area contributed by atoms with Crippen molar-refractivity contribution < 1.29 is 9.18 Å². The second-order valence-electron chi connectivity index (χ2n) is 2.36. The monoisotopic (exact) mass is 183 g/mol. The number of hydrogen-bond donors (Lipinski definition) is 2. The van der Waals surface area contributed by atoms with Crippen molar-refractivity contribution in [3.8, 4) is 0 Å². The van der Waals surface area contributed by atoms with E-state index in [1.807, 2.05) is 0 Å². The van der Waals surface area contributed by atoms with Gasteiger partial charge in [-0.15, -0.1) is 0 Å². The normalized spacial score (nSPS) is 9.38. The van der Waals surface area contributed by atoms with Crippen molar-refractivity contribution in [2.75, 3.05) is 18.9 Å². The van der Waals surface area contributed by atoms with Crippen LogP contribution in [0.1, 0.15) is 0 Å². The summed E-state index contributed by atoms with van der Waals surface area (Å²) in [6.45, 7) is 0.0183. The summed E-state index contributed by atoms with van der Waals surface area (Å²) >= 11 is 0. The predicted octanol–water partition coefficient (Wildman–Crippen LogP) is 0.379. The Kier molecular flexibility index (Phi) is 3.19. The lowest BCUT2D eigenvalue weighted by Crippen LogP contribution is -2.26. The van der Waals surface area contributed by atoms with Gasteiger partial charge in [-0.25, -0.2) is 9.37 Å². The van der Waals surface area contributed by atoms with E-state index >= 15 is 0 Å². The Balaban J connectivity index is 2.54. The molecule has 1 heterocycles. The van der Waals surface area contributed by atoms with Gasteiger partial charge in [0.1, 0.15) is 0 Å². The number of anilines is 1. The van der Waals surface area contributed by atoms with E-state index in [2.05, 4.69) is 15.6 Å². The van der Waals surface area contributed by atoms with Gasteiger partial charge in [0.15, 0.2) is 11.6 Å². The Morgan fingerprint density at radius 2 is 2.46 bits per heavy atom. The molecule has 5 heteroatoms. The number of nitrogens with one attached hydrogen (secondary N) is 2. The molecular weight excluding hydrogens is 173 g/mol. The molecule has 0 bridgehead atoms. The molecule has 0 aliphatic rings. The van der Waals surface area contributed by atoms with Gasteiger partial charge >= 0.3 is 0 Å². The molecule has 0 aliphatic heterocycles. The third-order valence-electron chi connectivity index (χ3n) is 1.45. The van der Waals surface area contributed by atoms with E-state index in [4.69, 9.17) is 0 Å². The average molecular weight is 183 g/mol. The van der Waals surface area contributed by atoms with Gasteiger partial charge in [-0.05, 0) is 12.1 Å². The molecule has 0 spiro atoms. The van der Waals surface area contributed by atoms with Gasteiger partial charge in [0.2, 0.25) is 5.91 Å². The second kappa shape index (κ2) is 4.39. The van der Waals surface area contributed by atoms with E-state index in [1.54, 1.807) is 0 Å². The molecule has 1 aromatic rings. The molecule has 0 fully saturated rings. The number of hydrogen-bond acceptors (Lipinski definition) is 3. The van der Waals surface area contributed by atoms with Gasteiger partial charge in [-0.3, -0.25) is 4.79 Å². The van der Waals surface area contributed by atoms with E-state index in [0.717, 1.165) is 0 Å². The number of halogens is 1. The number of likely N-dealkylation sites (N-methyl/N-ethyl adjacent to an activating group) is 1. The minimum atomic E-state index is -0.466. The molecule has 1 rings (SSSR count). The standard InChI is InChI=1S/C8H10FN3O/c1-10-7(13)5-12-8-6(9)3-2-4-11-8/h2-4H,5H2,1H3,(H,10,13)(H,11,12). The topological polar surface area (TPSA) is 54.0 Å². The molecule has 0 unspecified atom stereocenters. The molecule has 1 amide bonds. The summed E-state index contributed by atoms with van der Waals surface area (Å²) in [5, 5.41) is 4.97. The van der Waals surface area contributed by atoms with Crippen molar-refractivity contribution in [1.82, 2.24) is 10.3 Å². The van der Waals surface area contributed by atoms with Crippen molar-refractivity contribution in [2.45, 2.75) is 0 Å². The smallest absolute Gasteiger partial charge is 0.239 e. The zero-order chi connectivity index (χ0) is 9.68. The Morgan fingerprint density at radius 1 is 1.69 bits per heavy atom. The van der Waals surface area contributed by atoms with E-state index in [1.165, 1.54) is 25.4 Å². The van der Waals surface area contributed by atoms with Crippen LogP contribution in [0, 0.1) is 5.82 Å². The Hall–Kier alpha value is -1.65. The van der Waals surface area contributed by atoms with E-state index in [9.17, 15) is 9.18 Å². The first-order valence-electron chi connectivity index (χ1n) is 3.79. The number of rotatable bonds is 3. The Labute approximate surface area is 75.2 Å². The third kappa shape index (κ3) is 2.70. The summed E-state index contributed by atoms with van der Waals surface area (Å²) in [6.07, 6.45) is 1.45. The Morgan fingerprint density at radius 3 is 3.08 bits per heavy atom. The highest BCUT2D eigenvalue weighted by molar-refractivity contribution is 5.80. The number of carbonyl (C=O) groups excluding carboxylic acids is 1. The van der Waals surface area contributed by atoms with Crippen LogP contribution >= 0.6 is 0 Å². The highest BCUT2D eigenvalue weighted by Gasteiger charge is 2.02. The van der Waals surface area contributed by atoms with Crippen LogP contribution in [0.4, 0.5) is 10.2 Å². The molecule has 1 aromatic heterocycles. The van der Waals surface area contributed by atoms with Crippen LogP contribution in [0.2, 0.25) is 0 Å². The highest BCUT2D eigenvalue weighted by Crippen LogP contribution is 2.06. The molecule has 0 saturated carbocycles. The number of pyridine rings is 1. The van der Waals surface area contributed by atoms with Crippen LogP contribution in [0.15, 0.2) is 18.3 Å². The van der Waals surface area contributed by atoms with Gasteiger partial charge in [0.25, 0.3) is 0 Å². The summed E-state index contributed by atoms with van der Waals surface area (Å²) in [7, 11) is 1.51. The van der Waals surface area contributed by atoms with Gasteiger partial charge in [0.05, 0.1) is 6.54 Å². The maximum absolute atomic E-state index is 12.9. The first-order valence-corrected chi connectivity index (χ1v) is 3.79. The lowest BCUT2D eigenvalue weighted by molar-refractivity contribution is -0.118. The molecule has 4 nitrogen and oxygen atoms in total. The van der Waals surface area contributed by atoms with Crippen molar-refractivity contribution in [2.24, 2.45) is 0 Å². The number of aromatic nitrogens is 1. The number of carbonyl (C=O) groups is 1. The maximum Gasteiger partial charge on any atom is 0.239 e. The van der Waals surface area contributed by atoms with E-state index in [-0.39, 0.29) is 18.3 Å². The maximum atomic E-state index is 12.9. The van der Waals surface area contributed by atoms with Crippen molar-refractivity contribution in [3.63, 3.8) is 0 Å². The largest absolute Gasteiger partial charge is 0.359 e. The quantitative estimate of drug-likeness (QED) is 0.712. The first-order chi connectivity index (χ1) is 6.24. The van der Waals surface area contributed by atoms with Gasteiger partial charge in [-0.2, -0.15) is 0 Å². The molecule has 0 aromatic carbocycles. The predicted molar refractivity (Wildman–Crippen MR) is 46.8 cm³/mol. The van der Waals surface area contributed by atoms with Crippen molar-refractivity contribution >= 4 is 11.7 Å². The summed E-state index contributed by atoms with van der Waals surface area (Å²) in [5.74, 6) is -0.595. The molecule has 2 N–H and O–H groups in total. The average Bonchev–Trinajstić information content (AvgIpc) is 2.16. The molecule has 0 radical (unpaired) electrons. The fourth-order valence-corrected chi connectivity index (χ4v) is 0.768. The molecule has 13 heavy (non-hydrogen) atoms. The minimum absolute atomic E-state index is 0.0183. The highest BCUT2D eigenvalue weighted by atomic mass is 19.1. The van der Waals surface area contributed by atoms with Crippen LogP contribution in [0.5, 0.6) is 0 Å². The zero-order valence-electron chi connectivity index (χ0n) is 7.17. The molecule has 0 aliphatic carbocycles. The van der Waals surface area contributed by atoms with Crippen molar-refractivity contribution in [3.05, 3.63) is 24.1 Å².